The van der Waals surface area contributed by atoms with Crippen molar-refractivity contribution in [3.8, 4) is 0 Å². The fourth-order valence-electron chi connectivity index (χ4n) is 2.93. The summed E-state index contributed by atoms with van der Waals surface area (Å²) in [5.41, 5.74) is 1.38. The molecule has 4 heteroatoms. The zero-order valence-corrected chi connectivity index (χ0v) is 14.6. The Bertz CT molecular complexity index is 447. The molecule has 3 nitrogen and oxygen atoms in total. The number of anilines is 1. The molecule has 0 amide bonds. The molecule has 0 aliphatic carbocycles. The molecule has 1 saturated heterocycles. The first-order valence-electron chi connectivity index (χ1n) is 7.76. The molecule has 1 aromatic heterocycles. The van der Waals surface area contributed by atoms with Gasteiger partial charge >= 0.3 is 0 Å². The van der Waals surface area contributed by atoms with Crippen molar-refractivity contribution < 1.29 is 0 Å². The van der Waals surface area contributed by atoms with E-state index < -0.39 is 0 Å². The summed E-state index contributed by atoms with van der Waals surface area (Å²) in [7, 11) is 2.01. The lowest BCUT2D eigenvalue weighted by atomic mass is 9.91. The minimum atomic E-state index is 0.117. The molecule has 0 spiro atoms. The third-order valence-corrected chi connectivity index (χ3v) is 5.45. The minimum absolute atomic E-state index is 0.117. The van der Waals surface area contributed by atoms with E-state index in [9.17, 15) is 0 Å². The average Bonchev–Trinajstić information content (AvgIpc) is 2.77. The topological polar surface area (TPSA) is 28.2 Å². The Hall–Kier alpha value is -0.610. The summed E-state index contributed by atoms with van der Waals surface area (Å²) in [6.45, 7) is 13.6. The van der Waals surface area contributed by atoms with Crippen molar-refractivity contribution in [2.75, 3.05) is 18.5 Å². The SMILES string of the molecule is CNCc1sc(N2CCCC(C)C2C)nc1C(C)(C)C. The molecule has 0 bridgehead atoms. The van der Waals surface area contributed by atoms with E-state index in [1.807, 2.05) is 18.4 Å². The predicted molar refractivity (Wildman–Crippen MR) is 88.8 cm³/mol. The van der Waals surface area contributed by atoms with Crippen LogP contribution in [-0.4, -0.2) is 24.6 Å². The average molecular weight is 295 g/mol. The van der Waals surface area contributed by atoms with Gasteiger partial charge in [0.1, 0.15) is 0 Å². The number of nitrogens with zero attached hydrogens (tertiary/aromatic N) is 2. The van der Waals surface area contributed by atoms with Crippen LogP contribution in [0, 0.1) is 5.92 Å². The molecule has 114 valence electrons. The van der Waals surface area contributed by atoms with Crippen LogP contribution in [0.15, 0.2) is 0 Å². The van der Waals surface area contributed by atoms with Crippen molar-refractivity contribution in [3.05, 3.63) is 10.6 Å². The minimum Gasteiger partial charge on any atom is -0.345 e. The van der Waals surface area contributed by atoms with Gasteiger partial charge in [0.2, 0.25) is 0 Å². The standard InChI is InChI=1S/C16H29N3S/c1-11-8-7-9-19(12(11)2)15-18-14(16(3,4)5)13(20-15)10-17-6/h11-12,17H,7-10H2,1-6H3. The number of piperidine rings is 1. The summed E-state index contributed by atoms with van der Waals surface area (Å²) in [6, 6.07) is 0.602. The molecule has 2 heterocycles. The van der Waals surface area contributed by atoms with Crippen molar-refractivity contribution in [1.29, 1.82) is 0 Å². The number of rotatable bonds is 3. The zero-order valence-electron chi connectivity index (χ0n) is 13.8. The summed E-state index contributed by atoms with van der Waals surface area (Å²) in [5.74, 6) is 0.762. The molecule has 2 unspecified atom stereocenters. The second-order valence-corrected chi connectivity index (χ2v) is 8.16. The Kier molecular flexibility index (Phi) is 4.75. The molecule has 20 heavy (non-hydrogen) atoms. The lowest BCUT2D eigenvalue weighted by Gasteiger charge is -2.37. The van der Waals surface area contributed by atoms with Gasteiger partial charge in [-0.1, -0.05) is 27.7 Å². The van der Waals surface area contributed by atoms with Gasteiger partial charge in [-0.2, -0.15) is 0 Å². The van der Waals surface area contributed by atoms with Crippen LogP contribution < -0.4 is 10.2 Å². The number of thiazole rings is 1. The molecule has 0 radical (unpaired) electrons. The van der Waals surface area contributed by atoms with Crippen molar-refractivity contribution in [3.63, 3.8) is 0 Å². The van der Waals surface area contributed by atoms with E-state index in [1.54, 1.807) is 0 Å². The van der Waals surface area contributed by atoms with Crippen molar-refractivity contribution in [2.45, 2.75) is 65.5 Å². The van der Waals surface area contributed by atoms with Gasteiger partial charge in [0.05, 0.1) is 5.69 Å². The molecule has 2 rings (SSSR count). The van der Waals surface area contributed by atoms with E-state index >= 15 is 0 Å². The first-order chi connectivity index (χ1) is 9.34. The van der Waals surface area contributed by atoms with Gasteiger partial charge in [0.25, 0.3) is 0 Å². The van der Waals surface area contributed by atoms with E-state index in [-0.39, 0.29) is 5.41 Å². The Labute approximate surface area is 127 Å². The molecule has 1 aliphatic heterocycles. The highest BCUT2D eigenvalue weighted by Gasteiger charge is 2.30. The predicted octanol–water partition coefficient (Wildman–Crippen LogP) is 3.78. The van der Waals surface area contributed by atoms with Gasteiger partial charge < -0.3 is 10.2 Å². The van der Waals surface area contributed by atoms with E-state index in [0.29, 0.717) is 6.04 Å². The lowest BCUT2D eigenvalue weighted by Crippen LogP contribution is -2.42. The molecule has 1 N–H and O–H groups in total. The van der Waals surface area contributed by atoms with Gasteiger partial charge in [0.15, 0.2) is 5.13 Å². The maximum Gasteiger partial charge on any atom is 0.186 e. The van der Waals surface area contributed by atoms with Crippen LogP contribution in [0.4, 0.5) is 5.13 Å². The van der Waals surface area contributed by atoms with Crippen LogP contribution in [0.3, 0.4) is 0 Å². The van der Waals surface area contributed by atoms with Crippen LogP contribution in [0.25, 0.3) is 0 Å². The van der Waals surface area contributed by atoms with E-state index in [2.05, 4.69) is 44.8 Å². The summed E-state index contributed by atoms with van der Waals surface area (Å²) in [6.07, 6.45) is 2.63. The quantitative estimate of drug-likeness (QED) is 0.919. The fraction of sp³-hybridized carbons (Fsp3) is 0.812. The Morgan fingerprint density at radius 1 is 1.35 bits per heavy atom. The maximum absolute atomic E-state index is 5.01. The zero-order chi connectivity index (χ0) is 14.9. The van der Waals surface area contributed by atoms with Crippen LogP contribution in [-0.2, 0) is 12.0 Å². The molecular weight excluding hydrogens is 266 g/mol. The van der Waals surface area contributed by atoms with Crippen LogP contribution >= 0.6 is 11.3 Å². The highest BCUT2D eigenvalue weighted by molar-refractivity contribution is 7.15. The summed E-state index contributed by atoms with van der Waals surface area (Å²) in [5, 5.41) is 4.51. The van der Waals surface area contributed by atoms with Crippen LogP contribution in [0.2, 0.25) is 0 Å². The number of aromatic nitrogens is 1. The van der Waals surface area contributed by atoms with E-state index in [4.69, 9.17) is 4.98 Å². The van der Waals surface area contributed by atoms with Gasteiger partial charge in [0, 0.05) is 29.4 Å². The highest BCUT2D eigenvalue weighted by atomic mass is 32.1. The Balaban J connectivity index is 2.32. The van der Waals surface area contributed by atoms with Crippen molar-refractivity contribution in [2.24, 2.45) is 5.92 Å². The highest BCUT2D eigenvalue weighted by Crippen LogP contribution is 2.37. The normalized spacial score (nSPS) is 24.2. The number of hydrogen-bond acceptors (Lipinski definition) is 4. The smallest absolute Gasteiger partial charge is 0.186 e. The molecule has 0 saturated carbocycles. The largest absolute Gasteiger partial charge is 0.345 e. The van der Waals surface area contributed by atoms with Gasteiger partial charge in [-0.05, 0) is 32.7 Å². The second kappa shape index (κ2) is 6.02. The van der Waals surface area contributed by atoms with Gasteiger partial charge in [-0.15, -0.1) is 11.3 Å². The van der Waals surface area contributed by atoms with Crippen molar-refractivity contribution in [1.82, 2.24) is 10.3 Å². The molecular formula is C16H29N3S. The molecule has 0 aromatic carbocycles. The van der Waals surface area contributed by atoms with E-state index in [1.165, 1.54) is 28.5 Å². The first kappa shape index (κ1) is 15.8. The molecule has 1 fully saturated rings. The van der Waals surface area contributed by atoms with Crippen LogP contribution in [0.1, 0.15) is 58.0 Å². The van der Waals surface area contributed by atoms with E-state index in [0.717, 1.165) is 19.0 Å². The number of hydrogen-bond donors (Lipinski definition) is 1. The van der Waals surface area contributed by atoms with Gasteiger partial charge in [-0.25, -0.2) is 4.98 Å². The third kappa shape index (κ3) is 3.17. The molecule has 1 aromatic rings. The van der Waals surface area contributed by atoms with Crippen LogP contribution in [0.5, 0.6) is 0 Å². The summed E-state index contributed by atoms with van der Waals surface area (Å²) >= 11 is 1.88. The number of nitrogens with one attached hydrogen (secondary N) is 1. The Morgan fingerprint density at radius 2 is 2.05 bits per heavy atom. The summed E-state index contributed by atoms with van der Waals surface area (Å²) in [4.78, 5) is 8.92. The maximum atomic E-state index is 5.01. The first-order valence-corrected chi connectivity index (χ1v) is 8.57. The molecule has 1 aliphatic rings. The fourth-order valence-corrected chi connectivity index (χ4v) is 4.33. The van der Waals surface area contributed by atoms with Crippen molar-refractivity contribution >= 4 is 16.5 Å². The molecule has 2 atom stereocenters. The monoisotopic (exact) mass is 295 g/mol. The summed E-state index contributed by atoms with van der Waals surface area (Å²) < 4.78 is 0. The third-order valence-electron chi connectivity index (χ3n) is 4.35. The lowest BCUT2D eigenvalue weighted by molar-refractivity contribution is 0.363. The Morgan fingerprint density at radius 3 is 2.65 bits per heavy atom. The van der Waals surface area contributed by atoms with Gasteiger partial charge in [-0.3, -0.25) is 0 Å². The second-order valence-electron chi connectivity index (χ2n) is 7.10.